The largest absolute Gasteiger partial charge is 0.379 e. The fourth-order valence-corrected chi connectivity index (χ4v) is 2.28. The van der Waals surface area contributed by atoms with Gasteiger partial charge in [-0.3, -0.25) is 4.79 Å². The summed E-state index contributed by atoms with van der Waals surface area (Å²) >= 11 is 2.20. The normalized spacial score (nSPS) is 24.4. The first-order chi connectivity index (χ1) is 7.59. The third-order valence-electron chi connectivity index (χ3n) is 2.72. The molecule has 1 heterocycles. The first-order valence-electron chi connectivity index (χ1n) is 5.25. The maximum atomic E-state index is 12.0. The van der Waals surface area contributed by atoms with Gasteiger partial charge in [-0.1, -0.05) is 6.07 Å². The van der Waals surface area contributed by atoms with Gasteiger partial charge in [-0.25, -0.2) is 0 Å². The molecule has 1 aliphatic rings. The Morgan fingerprint density at radius 1 is 1.56 bits per heavy atom. The van der Waals surface area contributed by atoms with Gasteiger partial charge in [0.05, 0.1) is 12.1 Å². The van der Waals surface area contributed by atoms with Crippen LogP contribution in [0.15, 0.2) is 24.3 Å². The van der Waals surface area contributed by atoms with Crippen molar-refractivity contribution in [1.82, 2.24) is 5.32 Å². The lowest BCUT2D eigenvalue weighted by atomic mass is 10.0. The van der Waals surface area contributed by atoms with Gasteiger partial charge in [-0.2, -0.15) is 0 Å². The SMILES string of the molecule is CC1(NC(=O)c2cccc(I)c2)CCOC1. The average Bonchev–Trinajstić information content (AvgIpc) is 2.65. The molecule has 1 unspecified atom stereocenters. The van der Waals surface area contributed by atoms with Gasteiger partial charge < -0.3 is 10.1 Å². The lowest BCUT2D eigenvalue weighted by Crippen LogP contribution is -2.46. The minimum atomic E-state index is -0.210. The van der Waals surface area contributed by atoms with Crippen molar-refractivity contribution in [3.05, 3.63) is 33.4 Å². The molecule has 1 aliphatic heterocycles. The highest BCUT2D eigenvalue weighted by molar-refractivity contribution is 14.1. The van der Waals surface area contributed by atoms with Crippen LogP contribution >= 0.6 is 22.6 Å². The Balaban J connectivity index is 2.08. The maximum absolute atomic E-state index is 12.0. The Morgan fingerprint density at radius 3 is 3.00 bits per heavy atom. The van der Waals surface area contributed by atoms with Gasteiger partial charge in [0, 0.05) is 15.7 Å². The lowest BCUT2D eigenvalue weighted by molar-refractivity contribution is 0.0890. The Morgan fingerprint density at radius 2 is 2.38 bits per heavy atom. The Labute approximate surface area is 109 Å². The molecule has 16 heavy (non-hydrogen) atoms. The van der Waals surface area contributed by atoms with Crippen molar-refractivity contribution in [3.8, 4) is 0 Å². The zero-order chi connectivity index (χ0) is 11.6. The van der Waals surface area contributed by atoms with Gasteiger partial charge in [0.2, 0.25) is 0 Å². The van der Waals surface area contributed by atoms with Gasteiger partial charge in [-0.05, 0) is 54.1 Å². The van der Waals surface area contributed by atoms with Crippen molar-refractivity contribution in [2.75, 3.05) is 13.2 Å². The third-order valence-corrected chi connectivity index (χ3v) is 3.39. The van der Waals surface area contributed by atoms with Gasteiger partial charge in [-0.15, -0.1) is 0 Å². The number of nitrogens with one attached hydrogen (secondary N) is 1. The molecule has 1 fully saturated rings. The number of carbonyl (C=O) groups excluding carboxylic acids is 1. The minimum absolute atomic E-state index is 0.0217. The molecule has 1 atom stereocenters. The molecule has 0 spiro atoms. The van der Waals surface area contributed by atoms with E-state index in [9.17, 15) is 4.79 Å². The highest BCUT2D eigenvalue weighted by atomic mass is 127. The fourth-order valence-electron chi connectivity index (χ4n) is 1.74. The summed E-state index contributed by atoms with van der Waals surface area (Å²) in [6.45, 7) is 3.34. The van der Waals surface area contributed by atoms with Crippen LogP contribution in [-0.2, 0) is 4.74 Å². The van der Waals surface area contributed by atoms with E-state index in [4.69, 9.17) is 4.74 Å². The Hall–Kier alpha value is -0.620. The molecule has 0 saturated carbocycles. The number of carbonyl (C=O) groups is 1. The fraction of sp³-hybridized carbons (Fsp3) is 0.417. The quantitative estimate of drug-likeness (QED) is 0.844. The van der Waals surface area contributed by atoms with Crippen LogP contribution in [0.2, 0.25) is 0 Å². The lowest BCUT2D eigenvalue weighted by Gasteiger charge is -2.23. The topological polar surface area (TPSA) is 38.3 Å². The maximum Gasteiger partial charge on any atom is 0.251 e. The van der Waals surface area contributed by atoms with Gasteiger partial charge in [0.15, 0.2) is 0 Å². The standard InChI is InChI=1S/C12H14INO2/c1-12(5-6-16-8-12)14-11(15)9-3-2-4-10(13)7-9/h2-4,7H,5-6,8H2,1H3,(H,14,15). The van der Waals surface area contributed by atoms with Gasteiger partial charge in [0.1, 0.15) is 0 Å². The number of hydrogen-bond donors (Lipinski definition) is 1. The second kappa shape index (κ2) is 4.71. The van der Waals surface area contributed by atoms with Crippen molar-refractivity contribution in [1.29, 1.82) is 0 Å². The molecule has 1 aromatic rings. The second-order valence-electron chi connectivity index (χ2n) is 4.33. The summed E-state index contributed by atoms with van der Waals surface area (Å²) in [7, 11) is 0. The molecule has 1 amide bonds. The number of halogens is 1. The van der Waals surface area contributed by atoms with Crippen molar-refractivity contribution in [2.45, 2.75) is 18.9 Å². The highest BCUT2D eigenvalue weighted by Crippen LogP contribution is 2.18. The van der Waals surface area contributed by atoms with Gasteiger partial charge in [0.25, 0.3) is 5.91 Å². The number of ether oxygens (including phenoxy) is 1. The number of hydrogen-bond acceptors (Lipinski definition) is 2. The summed E-state index contributed by atoms with van der Waals surface area (Å²) in [5, 5.41) is 3.03. The monoisotopic (exact) mass is 331 g/mol. The van der Waals surface area contributed by atoms with E-state index in [-0.39, 0.29) is 11.4 Å². The molecule has 4 heteroatoms. The van der Waals surface area contributed by atoms with Crippen LogP contribution in [-0.4, -0.2) is 24.7 Å². The predicted octanol–water partition coefficient (Wildman–Crippen LogP) is 2.20. The molecule has 1 saturated heterocycles. The summed E-state index contributed by atoms with van der Waals surface area (Å²) < 4.78 is 6.37. The van der Waals surface area contributed by atoms with E-state index in [2.05, 4.69) is 27.9 Å². The van der Waals surface area contributed by atoms with E-state index in [1.165, 1.54) is 0 Å². The molecule has 1 aromatic carbocycles. The van der Waals surface area contributed by atoms with Crippen LogP contribution in [0, 0.1) is 3.57 Å². The molecular weight excluding hydrogens is 317 g/mol. The van der Waals surface area contributed by atoms with E-state index in [0.717, 1.165) is 16.6 Å². The van der Waals surface area contributed by atoms with Crippen LogP contribution in [0.5, 0.6) is 0 Å². The molecule has 0 aliphatic carbocycles. The van der Waals surface area contributed by atoms with Crippen LogP contribution < -0.4 is 5.32 Å². The van der Waals surface area contributed by atoms with Crippen molar-refractivity contribution in [3.63, 3.8) is 0 Å². The van der Waals surface area contributed by atoms with Crippen LogP contribution in [0.4, 0.5) is 0 Å². The smallest absolute Gasteiger partial charge is 0.251 e. The zero-order valence-corrected chi connectivity index (χ0v) is 11.3. The summed E-state index contributed by atoms with van der Waals surface area (Å²) in [6.07, 6.45) is 0.878. The number of rotatable bonds is 2. The molecule has 0 radical (unpaired) electrons. The molecule has 2 rings (SSSR count). The first kappa shape index (κ1) is 11.9. The molecule has 0 aromatic heterocycles. The van der Waals surface area contributed by atoms with E-state index >= 15 is 0 Å². The number of amides is 1. The van der Waals surface area contributed by atoms with Gasteiger partial charge >= 0.3 is 0 Å². The summed E-state index contributed by atoms with van der Waals surface area (Å²) in [5.41, 5.74) is 0.498. The summed E-state index contributed by atoms with van der Waals surface area (Å²) in [5.74, 6) is -0.0217. The van der Waals surface area contributed by atoms with E-state index in [1.807, 2.05) is 31.2 Å². The summed E-state index contributed by atoms with van der Waals surface area (Å²) in [6, 6.07) is 7.58. The summed E-state index contributed by atoms with van der Waals surface area (Å²) in [4.78, 5) is 12.0. The van der Waals surface area contributed by atoms with E-state index < -0.39 is 0 Å². The van der Waals surface area contributed by atoms with E-state index in [0.29, 0.717) is 12.2 Å². The molecular formula is C12H14INO2. The van der Waals surface area contributed by atoms with Crippen molar-refractivity contribution >= 4 is 28.5 Å². The van der Waals surface area contributed by atoms with Crippen LogP contribution in [0.3, 0.4) is 0 Å². The van der Waals surface area contributed by atoms with E-state index in [1.54, 1.807) is 0 Å². The zero-order valence-electron chi connectivity index (χ0n) is 9.13. The molecule has 86 valence electrons. The molecule has 0 bridgehead atoms. The average molecular weight is 331 g/mol. The third kappa shape index (κ3) is 2.74. The minimum Gasteiger partial charge on any atom is -0.379 e. The number of benzene rings is 1. The molecule has 1 N–H and O–H groups in total. The highest BCUT2D eigenvalue weighted by Gasteiger charge is 2.31. The first-order valence-corrected chi connectivity index (χ1v) is 6.33. The van der Waals surface area contributed by atoms with Crippen molar-refractivity contribution < 1.29 is 9.53 Å². The van der Waals surface area contributed by atoms with Crippen LogP contribution in [0.25, 0.3) is 0 Å². The second-order valence-corrected chi connectivity index (χ2v) is 5.57. The predicted molar refractivity (Wildman–Crippen MR) is 70.5 cm³/mol. The van der Waals surface area contributed by atoms with Crippen LogP contribution in [0.1, 0.15) is 23.7 Å². The Bertz CT molecular complexity index is 400. The Kier molecular flexibility index (Phi) is 3.49. The molecule has 3 nitrogen and oxygen atoms in total. The van der Waals surface area contributed by atoms with Crippen molar-refractivity contribution in [2.24, 2.45) is 0 Å².